The van der Waals surface area contributed by atoms with Gasteiger partial charge in [0.25, 0.3) is 0 Å². The zero-order valence-corrected chi connectivity index (χ0v) is 13.8. The normalized spacial score (nSPS) is 28.3. The average molecular weight is 329 g/mol. The standard InChI is InChI=1S/C17H23N5O2/c23-15-4-5-16(24)22(15)11-13-2-3-14-12-21(9-8-20(14)10-13)17-18-6-1-7-19-17/h1,6-7,13-14H,2-5,8-12H2/t13?,14-/m0/s1. The Kier molecular flexibility index (Phi) is 4.18. The van der Waals surface area contributed by atoms with Crippen molar-refractivity contribution in [1.29, 1.82) is 0 Å². The van der Waals surface area contributed by atoms with Crippen LogP contribution in [0, 0.1) is 5.92 Å². The van der Waals surface area contributed by atoms with E-state index in [9.17, 15) is 9.59 Å². The number of piperazine rings is 1. The van der Waals surface area contributed by atoms with E-state index >= 15 is 0 Å². The maximum Gasteiger partial charge on any atom is 0.229 e. The van der Waals surface area contributed by atoms with E-state index in [2.05, 4.69) is 19.8 Å². The minimum atomic E-state index is 0.00756. The molecule has 3 fully saturated rings. The molecular formula is C17H23N5O2. The zero-order chi connectivity index (χ0) is 16.5. The molecule has 4 rings (SSSR count). The first-order chi connectivity index (χ1) is 11.7. The van der Waals surface area contributed by atoms with E-state index in [0.29, 0.717) is 31.3 Å². The van der Waals surface area contributed by atoms with Crippen LogP contribution in [0.1, 0.15) is 25.7 Å². The molecule has 3 aliphatic rings. The van der Waals surface area contributed by atoms with Gasteiger partial charge in [0.05, 0.1) is 0 Å². The monoisotopic (exact) mass is 329 g/mol. The van der Waals surface area contributed by atoms with Crippen molar-refractivity contribution in [1.82, 2.24) is 19.8 Å². The van der Waals surface area contributed by atoms with Crippen LogP contribution in [-0.4, -0.2) is 70.3 Å². The molecule has 0 aliphatic carbocycles. The van der Waals surface area contributed by atoms with Gasteiger partial charge in [-0.15, -0.1) is 0 Å². The van der Waals surface area contributed by atoms with Gasteiger partial charge in [0.1, 0.15) is 0 Å². The molecule has 0 bridgehead atoms. The van der Waals surface area contributed by atoms with Crippen LogP contribution in [0.5, 0.6) is 0 Å². The van der Waals surface area contributed by atoms with Crippen LogP contribution >= 0.6 is 0 Å². The fourth-order valence-corrected chi connectivity index (χ4v) is 4.13. The summed E-state index contributed by atoms with van der Waals surface area (Å²) in [4.78, 5) is 38.6. The van der Waals surface area contributed by atoms with Crippen LogP contribution in [0.25, 0.3) is 0 Å². The summed E-state index contributed by atoms with van der Waals surface area (Å²) < 4.78 is 0. The van der Waals surface area contributed by atoms with Gasteiger partial charge in [-0.05, 0) is 24.8 Å². The summed E-state index contributed by atoms with van der Waals surface area (Å²) in [7, 11) is 0. The number of aromatic nitrogens is 2. The van der Waals surface area contributed by atoms with Gasteiger partial charge >= 0.3 is 0 Å². The highest BCUT2D eigenvalue weighted by Crippen LogP contribution is 2.28. The molecule has 0 saturated carbocycles. The summed E-state index contributed by atoms with van der Waals surface area (Å²) in [5.41, 5.74) is 0. The first-order valence-electron chi connectivity index (χ1n) is 8.80. The Morgan fingerprint density at radius 3 is 2.50 bits per heavy atom. The van der Waals surface area contributed by atoms with Gasteiger partial charge in [-0.25, -0.2) is 9.97 Å². The first-order valence-corrected chi connectivity index (χ1v) is 8.80. The molecule has 0 spiro atoms. The highest BCUT2D eigenvalue weighted by Gasteiger charge is 2.37. The molecule has 1 unspecified atom stereocenters. The number of rotatable bonds is 3. The molecule has 0 radical (unpaired) electrons. The molecule has 1 aromatic heterocycles. The van der Waals surface area contributed by atoms with Crippen LogP contribution in [0.4, 0.5) is 5.95 Å². The molecule has 128 valence electrons. The van der Waals surface area contributed by atoms with Crippen molar-refractivity contribution in [2.75, 3.05) is 37.6 Å². The Bertz CT molecular complexity index is 607. The van der Waals surface area contributed by atoms with E-state index in [-0.39, 0.29) is 11.8 Å². The summed E-state index contributed by atoms with van der Waals surface area (Å²) in [5.74, 6) is 1.24. The topological polar surface area (TPSA) is 69.6 Å². The number of piperidine rings is 1. The smallest absolute Gasteiger partial charge is 0.229 e. The first kappa shape index (κ1) is 15.5. The predicted octanol–water partition coefficient (Wildman–Crippen LogP) is 0.526. The van der Waals surface area contributed by atoms with Crippen LogP contribution in [0.15, 0.2) is 18.5 Å². The van der Waals surface area contributed by atoms with Crippen molar-refractivity contribution in [2.24, 2.45) is 5.92 Å². The van der Waals surface area contributed by atoms with Crippen molar-refractivity contribution in [2.45, 2.75) is 31.7 Å². The lowest BCUT2D eigenvalue weighted by Crippen LogP contribution is -2.57. The Morgan fingerprint density at radius 2 is 1.75 bits per heavy atom. The number of imide groups is 1. The lowest BCUT2D eigenvalue weighted by molar-refractivity contribution is -0.139. The van der Waals surface area contributed by atoms with E-state index in [1.54, 1.807) is 12.4 Å². The van der Waals surface area contributed by atoms with Crippen molar-refractivity contribution < 1.29 is 9.59 Å². The fraction of sp³-hybridized carbons (Fsp3) is 0.647. The van der Waals surface area contributed by atoms with Crippen LogP contribution < -0.4 is 4.90 Å². The van der Waals surface area contributed by atoms with Crippen molar-refractivity contribution in [3.8, 4) is 0 Å². The second kappa shape index (κ2) is 6.47. The van der Waals surface area contributed by atoms with Gasteiger partial charge in [0.15, 0.2) is 0 Å². The molecule has 7 nitrogen and oxygen atoms in total. The maximum absolute atomic E-state index is 11.8. The summed E-state index contributed by atoms with van der Waals surface area (Å²) >= 11 is 0. The molecule has 2 atom stereocenters. The van der Waals surface area contributed by atoms with Crippen LogP contribution in [-0.2, 0) is 9.59 Å². The number of anilines is 1. The van der Waals surface area contributed by atoms with Gasteiger partial charge in [0, 0.05) is 64.0 Å². The minimum absolute atomic E-state index is 0.00756. The van der Waals surface area contributed by atoms with Crippen molar-refractivity contribution in [3.63, 3.8) is 0 Å². The third-order valence-electron chi connectivity index (χ3n) is 5.44. The summed E-state index contributed by atoms with van der Waals surface area (Å²) in [6.07, 6.45) is 6.53. The number of amides is 2. The Morgan fingerprint density at radius 1 is 1.00 bits per heavy atom. The Labute approximate surface area is 141 Å². The average Bonchev–Trinajstić information content (AvgIpc) is 2.94. The second-order valence-electron chi connectivity index (χ2n) is 6.99. The maximum atomic E-state index is 11.8. The number of carbonyl (C=O) groups excluding carboxylic acids is 2. The van der Waals surface area contributed by atoms with E-state index < -0.39 is 0 Å². The molecule has 1 aromatic rings. The molecule has 3 aliphatic heterocycles. The number of likely N-dealkylation sites (tertiary alicyclic amines) is 1. The largest absolute Gasteiger partial charge is 0.338 e. The summed E-state index contributed by atoms with van der Waals surface area (Å²) in [5, 5.41) is 0. The predicted molar refractivity (Wildman–Crippen MR) is 88.3 cm³/mol. The van der Waals surface area contributed by atoms with Gasteiger partial charge in [-0.3, -0.25) is 19.4 Å². The number of nitrogens with zero attached hydrogens (tertiary/aromatic N) is 5. The highest BCUT2D eigenvalue weighted by atomic mass is 16.2. The van der Waals surface area contributed by atoms with Crippen molar-refractivity contribution in [3.05, 3.63) is 18.5 Å². The Hall–Kier alpha value is -2.02. The molecular weight excluding hydrogens is 306 g/mol. The SMILES string of the molecule is O=C1CCC(=O)N1CC1CC[C@H]2CN(c3ncccn3)CCN2C1. The highest BCUT2D eigenvalue weighted by molar-refractivity contribution is 6.01. The molecule has 3 saturated heterocycles. The van der Waals surface area contributed by atoms with E-state index in [1.165, 1.54) is 4.90 Å². The van der Waals surface area contributed by atoms with Crippen molar-refractivity contribution >= 4 is 17.8 Å². The molecule has 24 heavy (non-hydrogen) atoms. The van der Waals surface area contributed by atoms with E-state index in [4.69, 9.17) is 0 Å². The van der Waals surface area contributed by atoms with Gasteiger partial charge in [-0.1, -0.05) is 0 Å². The number of carbonyl (C=O) groups is 2. The van der Waals surface area contributed by atoms with Gasteiger partial charge < -0.3 is 4.90 Å². The molecule has 2 amide bonds. The van der Waals surface area contributed by atoms with Gasteiger partial charge in [-0.2, -0.15) is 0 Å². The van der Waals surface area contributed by atoms with Crippen LogP contribution in [0.3, 0.4) is 0 Å². The third kappa shape index (κ3) is 3.00. The third-order valence-corrected chi connectivity index (χ3v) is 5.44. The minimum Gasteiger partial charge on any atom is -0.338 e. The number of hydrogen-bond acceptors (Lipinski definition) is 6. The quantitative estimate of drug-likeness (QED) is 0.753. The molecule has 0 N–H and O–H groups in total. The lowest BCUT2D eigenvalue weighted by Gasteiger charge is -2.46. The molecule has 7 heteroatoms. The van der Waals surface area contributed by atoms with Crippen LogP contribution in [0.2, 0.25) is 0 Å². The lowest BCUT2D eigenvalue weighted by atomic mass is 9.90. The van der Waals surface area contributed by atoms with Gasteiger partial charge in [0.2, 0.25) is 17.8 Å². The molecule has 4 heterocycles. The fourth-order valence-electron chi connectivity index (χ4n) is 4.13. The zero-order valence-electron chi connectivity index (χ0n) is 13.8. The Balaban J connectivity index is 1.34. The molecule has 0 aromatic carbocycles. The second-order valence-corrected chi connectivity index (χ2v) is 6.99. The number of hydrogen-bond donors (Lipinski definition) is 0. The summed E-state index contributed by atoms with van der Waals surface area (Å²) in [6, 6.07) is 2.36. The van der Waals surface area contributed by atoms with E-state index in [1.807, 2.05) is 6.07 Å². The van der Waals surface area contributed by atoms with E-state index in [0.717, 1.165) is 45.0 Å². The summed E-state index contributed by atoms with van der Waals surface area (Å²) in [6.45, 7) is 4.45. The number of fused-ring (bicyclic) bond motifs is 1.